The second-order valence-electron chi connectivity index (χ2n) is 2.62. The van der Waals surface area contributed by atoms with Crippen LogP contribution >= 0.6 is 0 Å². The van der Waals surface area contributed by atoms with E-state index < -0.39 is 6.36 Å². The fourth-order valence-electron chi connectivity index (χ4n) is 0.893. The van der Waals surface area contributed by atoms with Gasteiger partial charge in [-0.1, -0.05) is 12.7 Å². The molecular formula is C10H9F3O2. The molecule has 0 aromatic heterocycles. The molecule has 15 heavy (non-hydrogen) atoms. The average molecular weight is 218 g/mol. The van der Waals surface area contributed by atoms with Gasteiger partial charge in [-0.3, -0.25) is 0 Å². The second kappa shape index (κ2) is 4.72. The van der Waals surface area contributed by atoms with Crippen molar-refractivity contribution in [2.75, 3.05) is 6.61 Å². The van der Waals surface area contributed by atoms with Crippen LogP contribution in [0.5, 0.6) is 11.5 Å². The third-order valence-corrected chi connectivity index (χ3v) is 1.43. The van der Waals surface area contributed by atoms with Gasteiger partial charge in [0.05, 0.1) is 0 Å². The molecule has 82 valence electrons. The first kappa shape index (κ1) is 11.4. The average Bonchev–Trinajstić information content (AvgIpc) is 2.14. The Morgan fingerprint density at radius 3 is 2.13 bits per heavy atom. The maximum Gasteiger partial charge on any atom is 0.573 e. The summed E-state index contributed by atoms with van der Waals surface area (Å²) in [6.45, 7) is 3.75. The number of hydrogen-bond donors (Lipinski definition) is 0. The number of benzene rings is 1. The molecule has 0 saturated carbocycles. The summed E-state index contributed by atoms with van der Waals surface area (Å²) < 4.78 is 44.1. The highest BCUT2D eigenvalue weighted by Gasteiger charge is 2.30. The number of ether oxygens (including phenoxy) is 2. The summed E-state index contributed by atoms with van der Waals surface area (Å²) in [5.74, 6) is 0.192. The summed E-state index contributed by atoms with van der Waals surface area (Å²) in [6, 6.07) is 5.16. The predicted octanol–water partition coefficient (Wildman–Crippen LogP) is 3.15. The van der Waals surface area contributed by atoms with E-state index in [2.05, 4.69) is 11.3 Å². The fourth-order valence-corrected chi connectivity index (χ4v) is 0.893. The summed E-state index contributed by atoms with van der Waals surface area (Å²) in [5, 5.41) is 0. The Balaban J connectivity index is 2.60. The van der Waals surface area contributed by atoms with E-state index in [-0.39, 0.29) is 5.75 Å². The minimum atomic E-state index is -4.66. The molecule has 1 aromatic carbocycles. The SMILES string of the molecule is C=CCOc1ccc(OC(F)(F)F)cc1. The van der Waals surface area contributed by atoms with E-state index >= 15 is 0 Å². The summed E-state index contributed by atoms with van der Waals surface area (Å²) in [4.78, 5) is 0. The van der Waals surface area contributed by atoms with Crippen molar-refractivity contribution in [3.05, 3.63) is 36.9 Å². The van der Waals surface area contributed by atoms with Gasteiger partial charge >= 0.3 is 6.36 Å². The maximum atomic E-state index is 11.8. The van der Waals surface area contributed by atoms with Crippen LogP contribution in [-0.2, 0) is 0 Å². The second-order valence-corrected chi connectivity index (χ2v) is 2.62. The molecule has 0 unspecified atom stereocenters. The van der Waals surface area contributed by atoms with E-state index in [0.29, 0.717) is 12.4 Å². The molecule has 0 radical (unpaired) electrons. The van der Waals surface area contributed by atoms with Gasteiger partial charge in [-0.2, -0.15) is 0 Å². The molecule has 0 amide bonds. The van der Waals surface area contributed by atoms with E-state index in [0.717, 1.165) is 0 Å². The molecule has 5 heteroatoms. The molecule has 0 spiro atoms. The standard InChI is InChI=1S/C10H9F3O2/c1-2-7-14-8-3-5-9(6-4-8)15-10(11,12)13/h2-6H,1,7H2. The Morgan fingerprint density at radius 2 is 1.67 bits per heavy atom. The maximum absolute atomic E-state index is 11.8. The minimum Gasteiger partial charge on any atom is -0.490 e. The van der Waals surface area contributed by atoms with E-state index in [9.17, 15) is 13.2 Å². The van der Waals surface area contributed by atoms with E-state index in [1.807, 2.05) is 0 Å². The van der Waals surface area contributed by atoms with E-state index in [4.69, 9.17) is 4.74 Å². The summed E-state index contributed by atoms with van der Waals surface area (Å²) in [6.07, 6.45) is -3.12. The predicted molar refractivity (Wildman–Crippen MR) is 48.8 cm³/mol. The topological polar surface area (TPSA) is 18.5 Å². The van der Waals surface area contributed by atoms with Crippen molar-refractivity contribution >= 4 is 0 Å². The highest BCUT2D eigenvalue weighted by Crippen LogP contribution is 2.24. The van der Waals surface area contributed by atoms with Crippen LogP contribution in [0.2, 0.25) is 0 Å². The summed E-state index contributed by atoms with van der Waals surface area (Å²) in [7, 11) is 0. The largest absolute Gasteiger partial charge is 0.573 e. The van der Waals surface area contributed by atoms with Crippen LogP contribution < -0.4 is 9.47 Å². The van der Waals surface area contributed by atoms with Crippen molar-refractivity contribution < 1.29 is 22.6 Å². The molecular weight excluding hydrogens is 209 g/mol. The Bertz CT molecular complexity index is 316. The Hall–Kier alpha value is -1.65. The van der Waals surface area contributed by atoms with Crippen LogP contribution in [0.15, 0.2) is 36.9 Å². The van der Waals surface area contributed by atoms with Crippen molar-refractivity contribution in [3.8, 4) is 11.5 Å². The molecule has 0 aliphatic carbocycles. The number of halogens is 3. The molecule has 0 heterocycles. The first-order valence-corrected chi connectivity index (χ1v) is 4.11. The number of rotatable bonds is 4. The van der Waals surface area contributed by atoms with Crippen LogP contribution in [-0.4, -0.2) is 13.0 Å². The Labute approximate surface area is 84.9 Å². The van der Waals surface area contributed by atoms with E-state index in [1.165, 1.54) is 24.3 Å². The molecule has 1 rings (SSSR count). The van der Waals surface area contributed by atoms with Crippen LogP contribution in [0, 0.1) is 0 Å². The monoisotopic (exact) mass is 218 g/mol. The zero-order chi connectivity index (χ0) is 11.3. The van der Waals surface area contributed by atoms with Gasteiger partial charge in [0.15, 0.2) is 0 Å². The minimum absolute atomic E-state index is 0.270. The van der Waals surface area contributed by atoms with Crippen molar-refractivity contribution in [2.24, 2.45) is 0 Å². The van der Waals surface area contributed by atoms with Gasteiger partial charge in [-0.25, -0.2) is 0 Å². The molecule has 0 aliphatic heterocycles. The van der Waals surface area contributed by atoms with Crippen LogP contribution in [0.3, 0.4) is 0 Å². The van der Waals surface area contributed by atoms with Crippen molar-refractivity contribution in [1.29, 1.82) is 0 Å². The zero-order valence-corrected chi connectivity index (χ0v) is 7.75. The molecule has 0 saturated heterocycles. The molecule has 0 bridgehead atoms. The Kier molecular flexibility index (Phi) is 3.60. The first-order chi connectivity index (χ1) is 7.01. The zero-order valence-electron chi connectivity index (χ0n) is 7.75. The van der Waals surface area contributed by atoms with Crippen LogP contribution in [0.4, 0.5) is 13.2 Å². The van der Waals surface area contributed by atoms with Crippen molar-refractivity contribution in [1.82, 2.24) is 0 Å². The lowest BCUT2D eigenvalue weighted by Gasteiger charge is -2.09. The fraction of sp³-hybridized carbons (Fsp3) is 0.200. The van der Waals surface area contributed by atoms with Gasteiger partial charge in [0.25, 0.3) is 0 Å². The van der Waals surface area contributed by atoms with Gasteiger partial charge in [0, 0.05) is 0 Å². The molecule has 1 aromatic rings. The molecule has 0 fully saturated rings. The lowest BCUT2D eigenvalue weighted by molar-refractivity contribution is -0.274. The Morgan fingerprint density at radius 1 is 1.13 bits per heavy atom. The quantitative estimate of drug-likeness (QED) is 0.723. The molecule has 2 nitrogen and oxygen atoms in total. The molecule has 0 atom stereocenters. The highest BCUT2D eigenvalue weighted by atomic mass is 19.4. The summed E-state index contributed by atoms with van der Waals surface area (Å²) in [5.41, 5.74) is 0. The van der Waals surface area contributed by atoms with Gasteiger partial charge in [0.2, 0.25) is 0 Å². The van der Waals surface area contributed by atoms with Crippen molar-refractivity contribution in [3.63, 3.8) is 0 Å². The molecule has 0 aliphatic rings. The smallest absolute Gasteiger partial charge is 0.490 e. The lowest BCUT2D eigenvalue weighted by atomic mass is 10.3. The third-order valence-electron chi connectivity index (χ3n) is 1.43. The van der Waals surface area contributed by atoms with Gasteiger partial charge in [-0.15, -0.1) is 13.2 Å². The van der Waals surface area contributed by atoms with Crippen LogP contribution in [0.1, 0.15) is 0 Å². The van der Waals surface area contributed by atoms with Crippen molar-refractivity contribution in [2.45, 2.75) is 6.36 Å². The van der Waals surface area contributed by atoms with Crippen LogP contribution in [0.25, 0.3) is 0 Å². The lowest BCUT2D eigenvalue weighted by Crippen LogP contribution is -2.16. The highest BCUT2D eigenvalue weighted by molar-refractivity contribution is 5.31. The van der Waals surface area contributed by atoms with Gasteiger partial charge in [0.1, 0.15) is 18.1 Å². The van der Waals surface area contributed by atoms with E-state index in [1.54, 1.807) is 6.08 Å². The third kappa shape index (κ3) is 4.39. The summed E-state index contributed by atoms with van der Waals surface area (Å²) >= 11 is 0. The first-order valence-electron chi connectivity index (χ1n) is 4.11. The normalized spacial score (nSPS) is 10.9. The molecule has 0 N–H and O–H groups in total. The van der Waals surface area contributed by atoms with Gasteiger partial charge in [-0.05, 0) is 24.3 Å². The van der Waals surface area contributed by atoms with Gasteiger partial charge < -0.3 is 9.47 Å². The number of alkyl halides is 3. The number of hydrogen-bond acceptors (Lipinski definition) is 2.